The van der Waals surface area contributed by atoms with Crippen LogP contribution in [-0.2, 0) is 9.53 Å². The Balaban J connectivity index is 2.72. The van der Waals surface area contributed by atoms with Gasteiger partial charge in [0.25, 0.3) is 0 Å². The highest BCUT2D eigenvalue weighted by atomic mass is 16.5. The number of rotatable bonds is 5. The van der Waals surface area contributed by atoms with Crippen LogP contribution in [0.25, 0.3) is 0 Å². The van der Waals surface area contributed by atoms with E-state index in [-0.39, 0.29) is 12.2 Å². The maximum Gasteiger partial charge on any atom is 0.350 e. The van der Waals surface area contributed by atoms with Gasteiger partial charge in [-0.3, -0.25) is 5.01 Å². The van der Waals surface area contributed by atoms with Crippen molar-refractivity contribution < 1.29 is 9.53 Å². The third-order valence-corrected chi connectivity index (χ3v) is 2.12. The second-order valence-corrected chi connectivity index (χ2v) is 3.60. The van der Waals surface area contributed by atoms with Gasteiger partial charge in [-0.2, -0.15) is 10.4 Å². The summed E-state index contributed by atoms with van der Waals surface area (Å²) in [6.45, 7) is 1.92. The Hall–Kier alpha value is -2.61. The minimum absolute atomic E-state index is 0.0884. The molecule has 0 fully saturated rings. The summed E-state index contributed by atoms with van der Waals surface area (Å²) in [4.78, 5) is 11.4. The largest absolute Gasteiger partial charge is 0.462 e. The van der Waals surface area contributed by atoms with Crippen molar-refractivity contribution in [2.75, 3.05) is 13.7 Å². The van der Waals surface area contributed by atoms with Gasteiger partial charge in [-0.1, -0.05) is 30.3 Å². The van der Waals surface area contributed by atoms with Crippen LogP contribution in [0.3, 0.4) is 0 Å². The third kappa shape index (κ3) is 5.04. The van der Waals surface area contributed by atoms with Gasteiger partial charge in [0.15, 0.2) is 5.57 Å². The fourth-order valence-electron chi connectivity index (χ4n) is 1.25. The fourth-order valence-corrected chi connectivity index (χ4v) is 1.25. The molecule has 0 aliphatic carbocycles. The predicted molar refractivity (Wildman–Crippen MR) is 72.1 cm³/mol. The molecule has 1 aromatic rings. The smallest absolute Gasteiger partial charge is 0.350 e. The van der Waals surface area contributed by atoms with Crippen molar-refractivity contribution in [3.63, 3.8) is 0 Å². The summed E-state index contributed by atoms with van der Waals surface area (Å²) in [5.41, 5.74) is 0.840. The van der Waals surface area contributed by atoms with E-state index < -0.39 is 5.97 Å². The molecule has 0 aliphatic rings. The Morgan fingerprint density at radius 1 is 1.47 bits per heavy atom. The van der Waals surface area contributed by atoms with Gasteiger partial charge in [0.05, 0.1) is 12.8 Å². The van der Waals surface area contributed by atoms with Gasteiger partial charge in [0, 0.05) is 13.2 Å². The first-order valence-corrected chi connectivity index (χ1v) is 5.78. The number of carbonyl (C=O) groups is 1. The second kappa shape index (κ2) is 7.67. The number of benzene rings is 1. The van der Waals surface area contributed by atoms with Crippen LogP contribution in [0, 0.1) is 11.3 Å². The Labute approximate surface area is 112 Å². The molecule has 0 spiro atoms. The number of carbonyl (C=O) groups excluding carboxylic acids is 1. The van der Waals surface area contributed by atoms with E-state index in [9.17, 15) is 4.79 Å². The van der Waals surface area contributed by atoms with E-state index in [0.717, 1.165) is 5.56 Å². The Morgan fingerprint density at radius 2 is 2.16 bits per heavy atom. The molecular formula is C14H15N3O2. The molecule has 19 heavy (non-hydrogen) atoms. The lowest BCUT2D eigenvalue weighted by Crippen LogP contribution is -2.11. The van der Waals surface area contributed by atoms with Crippen LogP contribution >= 0.6 is 0 Å². The molecule has 0 aliphatic heterocycles. The maximum atomic E-state index is 11.4. The number of hydrogen-bond donors (Lipinski definition) is 0. The molecule has 0 radical (unpaired) electrons. The van der Waals surface area contributed by atoms with Gasteiger partial charge in [-0.25, -0.2) is 4.79 Å². The van der Waals surface area contributed by atoms with Gasteiger partial charge in [0.1, 0.15) is 6.07 Å². The first kappa shape index (κ1) is 14.5. The van der Waals surface area contributed by atoms with Crippen molar-refractivity contribution in [3.05, 3.63) is 47.7 Å². The average Bonchev–Trinajstić information content (AvgIpc) is 2.44. The van der Waals surface area contributed by atoms with Crippen LogP contribution in [0.1, 0.15) is 12.5 Å². The summed E-state index contributed by atoms with van der Waals surface area (Å²) >= 11 is 0. The molecular weight excluding hydrogens is 242 g/mol. The van der Waals surface area contributed by atoms with E-state index in [4.69, 9.17) is 10.00 Å². The minimum Gasteiger partial charge on any atom is -0.462 e. The van der Waals surface area contributed by atoms with Crippen LogP contribution in [0.4, 0.5) is 0 Å². The SMILES string of the molecule is CCOC(=O)/C(C#N)=C/N(C)/N=C/c1ccccc1. The molecule has 0 unspecified atom stereocenters. The molecule has 1 aromatic carbocycles. The zero-order valence-electron chi connectivity index (χ0n) is 10.9. The molecule has 1 rings (SSSR count). The lowest BCUT2D eigenvalue weighted by molar-refractivity contribution is -0.138. The van der Waals surface area contributed by atoms with E-state index in [2.05, 4.69) is 5.10 Å². The first-order chi connectivity index (χ1) is 9.17. The van der Waals surface area contributed by atoms with Gasteiger partial charge in [0.2, 0.25) is 0 Å². The zero-order chi connectivity index (χ0) is 14.1. The van der Waals surface area contributed by atoms with Gasteiger partial charge in [-0.15, -0.1) is 0 Å². The zero-order valence-corrected chi connectivity index (χ0v) is 10.9. The molecule has 0 saturated carbocycles. The van der Waals surface area contributed by atoms with Crippen molar-refractivity contribution in [1.29, 1.82) is 5.26 Å². The highest BCUT2D eigenvalue weighted by Gasteiger charge is 2.10. The Morgan fingerprint density at radius 3 is 2.74 bits per heavy atom. The van der Waals surface area contributed by atoms with E-state index in [1.54, 1.807) is 26.3 Å². The van der Waals surface area contributed by atoms with Crippen molar-refractivity contribution in [3.8, 4) is 6.07 Å². The lowest BCUT2D eigenvalue weighted by atomic mass is 10.2. The van der Waals surface area contributed by atoms with Crippen molar-refractivity contribution in [1.82, 2.24) is 5.01 Å². The topological polar surface area (TPSA) is 65.7 Å². The van der Waals surface area contributed by atoms with Gasteiger partial charge in [-0.05, 0) is 12.5 Å². The molecule has 98 valence electrons. The van der Waals surface area contributed by atoms with E-state index in [0.29, 0.717) is 0 Å². The number of ether oxygens (including phenoxy) is 1. The van der Waals surface area contributed by atoms with Crippen LogP contribution in [0.15, 0.2) is 47.2 Å². The van der Waals surface area contributed by atoms with E-state index in [1.807, 2.05) is 30.3 Å². The van der Waals surface area contributed by atoms with Crippen LogP contribution in [0.2, 0.25) is 0 Å². The maximum absolute atomic E-state index is 11.4. The number of hydrazone groups is 1. The second-order valence-electron chi connectivity index (χ2n) is 3.60. The lowest BCUT2D eigenvalue weighted by Gasteiger charge is -2.07. The molecule has 5 heteroatoms. The standard InChI is InChI=1S/C14H15N3O2/c1-3-19-14(18)13(9-15)11-17(2)16-10-12-7-5-4-6-8-12/h4-8,10-11H,3H2,1-2H3/b13-11+,16-10+. The molecule has 0 N–H and O–H groups in total. The summed E-state index contributed by atoms with van der Waals surface area (Å²) in [5, 5.41) is 14.3. The van der Waals surface area contributed by atoms with Crippen LogP contribution in [-0.4, -0.2) is 30.8 Å². The number of nitrogens with zero attached hydrogens (tertiary/aromatic N) is 3. The number of esters is 1. The number of hydrogen-bond acceptors (Lipinski definition) is 5. The van der Waals surface area contributed by atoms with Crippen molar-refractivity contribution in [2.24, 2.45) is 5.10 Å². The summed E-state index contributed by atoms with van der Waals surface area (Å²) in [7, 11) is 1.63. The van der Waals surface area contributed by atoms with E-state index in [1.165, 1.54) is 11.2 Å². The monoisotopic (exact) mass is 257 g/mol. The molecule has 0 aromatic heterocycles. The highest BCUT2D eigenvalue weighted by Crippen LogP contribution is 2.00. The number of nitriles is 1. The first-order valence-electron chi connectivity index (χ1n) is 5.78. The molecule has 0 heterocycles. The molecule has 0 atom stereocenters. The molecule has 5 nitrogen and oxygen atoms in total. The third-order valence-electron chi connectivity index (χ3n) is 2.12. The summed E-state index contributed by atoms with van der Waals surface area (Å²) in [6.07, 6.45) is 2.97. The van der Waals surface area contributed by atoms with Gasteiger partial charge >= 0.3 is 5.97 Å². The Bertz CT molecular complexity index is 515. The minimum atomic E-state index is -0.647. The average molecular weight is 257 g/mol. The van der Waals surface area contributed by atoms with Crippen molar-refractivity contribution in [2.45, 2.75) is 6.92 Å². The van der Waals surface area contributed by atoms with E-state index >= 15 is 0 Å². The fraction of sp³-hybridized carbons (Fsp3) is 0.214. The molecule has 0 saturated heterocycles. The summed E-state index contributed by atoms with van der Waals surface area (Å²) in [5.74, 6) is -0.647. The van der Waals surface area contributed by atoms with Gasteiger partial charge < -0.3 is 4.74 Å². The molecule has 0 bridgehead atoms. The normalized spacial score (nSPS) is 11.1. The predicted octanol–water partition coefficient (Wildman–Crippen LogP) is 1.92. The summed E-state index contributed by atoms with van der Waals surface area (Å²) in [6, 6.07) is 11.3. The molecule has 0 amide bonds. The van der Waals surface area contributed by atoms with Crippen LogP contribution < -0.4 is 0 Å². The Kier molecular flexibility index (Phi) is 5.83. The highest BCUT2D eigenvalue weighted by molar-refractivity contribution is 5.92. The summed E-state index contributed by atoms with van der Waals surface area (Å²) < 4.78 is 4.75. The quantitative estimate of drug-likeness (QED) is 0.266. The van der Waals surface area contributed by atoms with Crippen molar-refractivity contribution >= 4 is 12.2 Å². The van der Waals surface area contributed by atoms with Crippen LogP contribution in [0.5, 0.6) is 0 Å².